The van der Waals surface area contributed by atoms with Gasteiger partial charge in [-0.25, -0.2) is 0 Å². The van der Waals surface area contributed by atoms with Gasteiger partial charge in [0.1, 0.15) is 11.6 Å². The minimum Gasteiger partial charge on any atom is -0.504 e. The summed E-state index contributed by atoms with van der Waals surface area (Å²) in [5.41, 5.74) is 0.685. The number of phenols is 1. The highest BCUT2D eigenvalue weighted by molar-refractivity contribution is 14.1. The van der Waals surface area contributed by atoms with Crippen LogP contribution in [0.2, 0.25) is 0 Å². The van der Waals surface area contributed by atoms with Crippen LogP contribution in [-0.2, 0) is 9.53 Å². The number of rotatable bonds is 4. The number of ether oxygens (including phenoxy) is 2. The number of phenolic OH excluding ortho intramolecular Hbond substituents is 1. The number of amides is 1. The highest BCUT2D eigenvalue weighted by atomic mass is 127. The van der Waals surface area contributed by atoms with Gasteiger partial charge < -0.3 is 19.5 Å². The van der Waals surface area contributed by atoms with Gasteiger partial charge in [-0.2, -0.15) is 5.26 Å². The first-order chi connectivity index (χ1) is 11.1. The van der Waals surface area contributed by atoms with E-state index < -0.39 is 0 Å². The number of benzene rings is 1. The van der Waals surface area contributed by atoms with Crippen molar-refractivity contribution in [2.24, 2.45) is 0 Å². The molecule has 23 heavy (non-hydrogen) atoms. The second-order valence-electron chi connectivity index (χ2n) is 4.86. The molecular weight excluding hydrogens is 411 g/mol. The molecule has 1 amide bonds. The number of aromatic hydroxyl groups is 1. The average Bonchev–Trinajstić information content (AvgIpc) is 2.57. The predicted octanol–water partition coefficient (Wildman–Crippen LogP) is 2.16. The fraction of sp³-hybridized carbons (Fsp3) is 0.375. The number of morpholine rings is 1. The van der Waals surface area contributed by atoms with E-state index >= 15 is 0 Å². The van der Waals surface area contributed by atoms with Crippen molar-refractivity contribution in [3.63, 3.8) is 0 Å². The van der Waals surface area contributed by atoms with E-state index in [-0.39, 0.29) is 17.2 Å². The Hall–Kier alpha value is -1.79. The summed E-state index contributed by atoms with van der Waals surface area (Å²) in [6.45, 7) is 4.16. The standard InChI is InChI=1S/C16H17IN2O4/c1-2-23-14-9-11(8-13(17)15(14)20)7-12(10-18)16(21)19-3-5-22-6-4-19/h7-9,20H,2-6H2,1H3/b12-7+. The van der Waals surface area contributed by atoms with Crippen molar-refractivity contribution in [1.82, 2.24) is 4.90 Å². The Balaban J connectivity index is 2.30. The quantitative estimate of drug-likeness (QED) is 0.452. The molecule has 1 aliphatic rings. The van der Waals surface area contributed by atoms with E-state index in [1.165, 1.54) is 6.08 Å². The Morgan fingerprint density at radius 2 is 2.22 bits per heavy atom. The summed E-state index contributed by atoms with van der Waals surface area (Å²) in [7, 11) is 0. The number of carbonyl (C=O) groups is 1. The van der Waals surface area contributed by atoms with E-state index in [4.69, 9.17) is 9.47 Å². The van der Waals surface area contributed by atoms with Crippen molar-refractivity contribution in [2.75, 3.05) is 32.9 Å². The van der Waals surface area contributed by atoms with E-state index in [1.54, 1.807) is 17.0 Å². The SMILES string of the molecule is CCOc1cc(/C=C(\C#N)C(=O)N2CCOCC2)cc(I)c1O. The number of carbonyl (C=O) groups excluding carboxylic acids is 1. The van der Waals surface area contributed by atoms with Crippen LogP contribution in [0.3, 0.4) is 0 Å². The molecule has 1 N–H and O–H groups in total. The maximum atomic E-state index is 12.4. The molecule has 1 aromatic carbocycles. The van der Waals surface area contributed by atoms with Crippen LogP contribution in [0.25, 0.3) is 6.08 Å². The fourth-order valence-electron chi connectivity index (χ4n) is 2.19. The molecule has 0 bridgehead atoms. The monoisotopic (exact) mass is 428 g/mol. The lowest BCUT2D eigenvalue weighted by molar-refractivity contribution is -0.130. The van der Waals surface area contributed by atoms with E-state index in [0.717, 1.165) is 0 Å². The third-order valence-electron chi connectivity index (χ3n) is 3.31. The molecule has 0 atom stereocenters. The predicted molar refractivity (Wildman–Crippen MR) is 93.0 cm³/mol. The van der Waals surface area contributed by atoms with Gasteiger partial charge in [-0.05, 0) is 53.3 Å². The summed E-state index contributed by atoms with van der Waals surface area (Å²) in [6, 6.07) is 5.27. The zero-order chi connectivity index (χ0) is 16.8. The molecule has 1 aromatic rings. The highest BCUT2D eigenvalue weighted by Crippen LogP contribution is 2.33. The van der Waals surface area contributed by atoms with Crippen LogP contribution < -0.4 is 4.74 Å². The van der Waals surface area contributed by atoms with Gasteiger partial charge in [0.2, 0.25) is 0 Å². The average molecular weight is 428 g/mol. The topological polar surface area (TPSA) is 82.8 Å². The number of hydrogen-bond acceptors (Lipinski definition) is 5. The first kappa shape index (κ1) is 17.6. The van der Waals surface area contributed by atoms with Crippen LogP contribution in [0.5, 0.6) is 11.5 Å². The van der Waals surface area contributed by atoms with E-state index in [2.05, 4.69) is 0 Å². The van der Waals surface area contributed by atoms with Gasteiger partial charge in [-0.1, -0.05) is 0 Å². The largest absolute Gasteiger partial charge is 0.504 e. The Morgan fingerprint density at radius 3 is 2.83 bits per heavy atom. The van der Waals surface area contributed by atoms with Crippen molar-refractivity contribution in [1.29, 1.82) is 5.26 Å². The zero-order valence-electron chi connectivity index (χ0n) is 12.7. The van der Waals surface area contributed by atoms with Crippen LogP contribution in [0.4, 0.5) is 0 Å². The smallest absolute Gasteiger partial charge is 0.264 e. The maximum Gasteiger partial charge on any atom is 0.264 e. The lowest BCUT2D eigenvalue weighted by Gasteiger charge is -2.26. The Kier molecular flexibility index (Phi) is 6.24. The van der Waals surface area contributed by atoms with E-state index in [9.17, 15) is 15.2 Å². The summed E-state index contributed by atoms with van der Waals surface area (Å²) in [5, 5.41) is 19.3. The van der Waals surface area contributed by atoms with Crippen molar-refractivity contribution in [3.8, 4) is 17.6 Å². The molecule has 6 nitrogen and oxygen atoms in total. The zero-order valence-corrected chi connectivity index (χ0v) is 14.9. The van der Waals surface area contributed by atoms with Gasteiger partial charge in [0.05, 0.1) is 23.4 Å². The first-order valence-corrected chi connectivity index (χ1v) is 8.28. The minimum atomic E-state index is -0.308. The molecular formula is C16H17IN2O4. The summed E-state index contributed by atoms with van der Waals surface area (Å²) in [4.78, 5) is 14.0. The van der Waals surface area contributed by atoms with Crippen LogP contribution in [0.15, 0.2) is 17.7 Å². The second kappa shape index (κ2) is 8.17. The fourth-order valence-corrected chi connectivity index (χ4v) is 2.81. The number of nitrogens with zero attached hydrogens (tertiary/aromatic N) is 2. The summed E-state index contributed by atoms with van der Waals surface area (Å²) < 4.78 is 11.2. The highest BCUT2D eigenvalue weighted by Gasteiger charge is 2.21. The van der Waals surface area contributed by atoms with Crippen LogP contribution in [0, 0.1) is 14.9 Å². The maximum absolute atomic E-state index is 12.4. The number of halogens is 1. The first-order valence-electron chi connectivity index (χ1n) is 7.21. The molecule has 1 aliphatic heterocycles. The molecule has 0 radical (unpaired) electrons. The van der Waals surface area contributed by atoms with Gasteiger partial charge in [-0.3, -0.25) is 4.79 Å². The van der Waals surface area contributed by atoms with Gasteiger partial charge in [-0.15, -0.1) is 0 Å². The van der Waals surface area contributed by atoms with Crippen LogP contribution in [-0.4, -0.2) is 48.8 Å². The molecule has 1 fully saturated rings. The molecule has 7 heteroatoms. The molecule has 1 heterocycles. The summed E-state index contributed by atoms with van der Waals surface area (Å²) in [6.07, 6.45) is 1.52. The van der Waals surface area contributed by atoms with Crippen molar-refractivity contribution < 1.29 is 19.4 Å². The van der Waals surface area contributed by atoms with Gasteiger partial charge >= 0.3 is 0 Å². The molecule has 1 saturated heterocycles. The van der Waals surface area contributed by atoms with Crippen LogP contribution in [0.1, 0.15) is 12.5 Å². The Morgan fingerprint density at radius 1 is 1.52 bits per heavy atom. The van der Waals surface area contributed by atoms with E-state index in [0.29, 0.717) is 47.8 Å². The minimum absolute atomic E-state index is 0.0517. The number of nitriles is 1. The number of hydrogen-bond donors (Lipinski definition) is 1. The molecule has 0 aromatic heterocycles. The van der Waals surface area contributed by atoms with Crippen molar-refractivity contribution in [2.45, 2.75) is 6.92 Å². The van der Waals surface area contributed by atoms with Gasteiger partial charge in [0.15, 0.2) is 11.5 Å². The second-order valence-corrected chi connectivity index (χ2v) is 6.02. The molecule has 0 spiro atoms. The summed E-state index contributed by atoms with van der Waals surface area (Å²) in [5.74, 6) is 0.0845. The van der Waals surface area contributed by atoms with Crippen LogP contribution >= 0.6 is 22.6 Å². The normalized spacial score (nSPS) is 15.2. The molecule has 2 rings (SSSR count). The molecule has 122 valence electrons. The van der Waals surface area contributed by atoms with Crippen molar-refractivity contribution in [3.05, 3.63) is 26.8 Å². The van der Waals surface area contributed by atoms with Gasteiger partial charge in [0.25, 0.3) is 5.91 Å². The van der Waals surface area contributed by atoms with Crippen molar-refractivity contribution >= 4 is 34.6 Å². The Bertz CT molecular complexity index is 661. The molecule has 0 aliphatic carbocycles. The van der Waals surface area contributed by atoms with E-state index in [1.807, 2.05) is 35.6 Å². The molecule has 0 unspecified atom stereocenters. The Labute approximate surface area is 148 Å². The third kappa shape index (κ3) is 4.36. The summed E-state index contributed by atoms with van der Waals surface area (Å²) >= 11 is 1.98. The van der Waals surface area contributed by atoms with Gasteiger partial charge in [0, 0.05) is 13.1 Å². The third-order valence-corrected chi connectivity index (χ3v) is 4.13. The molecule has 0 saturated carbocycles. The lowest BCUT2D eigenvalue weighted by atomic mass is 10.1. The lowest BCUT2D eigenvalue weighted by Crippen LogP contribution is -2.41.